The molecular formula is C42H48N4O4. The normalized spacial score (nSPS) is 49.3. The molecule has 8 fully saturated rings. The number of hydrogen-bond donors (Lipinski definition) is 1. The van der Waals surface area contributed by atoms with E-state index in [-0.39, 0.29) is 39.1 Å². The quantitative estimate of drug-likeness (QED) is 0.360. The number of carbonyl (C=O) groups is 1. The number of nitrogens with one attached hydrogen (secondary N) is 1. The third-order valence-corrected chi connectivity index (χ3v) is 17.2. The van der Waals surface area contributed by atoms with Gasteiger partial charge in [-0.1, -0.05) is 43.3 Å². The fraction of sp³-hybridized carbons (Fsp3) is 0.643. The monoisotopic (exact) mass is 672 g/mol. The van der Waals surface area contributed by atoms with Gasteiger partial charge in [-0.2, -0.15) is 0 Å². The summed E-state index contributed by atoms with van der Waals surface area (Å²) in [5.74, 6) is 0.411. The van der Waals surface area contributed by atoms with Crippen molar-refractivity contribution in [3.63, 3.8) is 0 Å². The predicted octanol–water partition coefficient (Wildman–Crippen LogP) is 4.83. The van der Waals surface area contributed by atoms with Crippen molar-refractivity contribution in [3.8, 4) is 0 Å². The van der Waals surface area contributed by atoms with E-state index in [0.29, 0.717) is 36.3 Å². The van der Waals surface area contributed by atoms with E-state index >= 15 is 0 Å². The molecule has 4 spiro atoms. The van der Waals surface area contributed by atoms with E-state index < -0.39 is 0 Å². The summed E-state index contributed by atoms with van der Waals surface area (Å²) in [6.07, 6.45) is 8.60. The SMILES string of the molecule is CC[C@@]12C[C@H]3C[C@]4(CN5CC[C@]67C(=C(C(=O)OC)C[C@@]8(CCO[C@@H]48)[C@H]56)Nc4ccccc47)CN4c5ccccc5[C@@]5(CCN(C[C@H]6O[C@H]61)[C@@H]25)[C@H]34. The number of fused-ring (bicyclic) bond motifs is 6. The van der Waals surface area contributed by atoms with Crippen LogP contribution in [0.4, 0.5) is 11.4 Å². The van der Waals surface area contributed by atoms with Gasteiger partial charge in [0.2, 0.25) is 0 Å². The van der Waals surface area contributed by atoms with Crippen LogP contribution >= 0.6 is 0 Å². The summed E-state index contributed by atoms with van der Waals surface area (Å²) in [4.78, 5) is 22.7. The topological polar surface area (TPSA) is 69.8 Å². The standard InChI is InChI=1S/C42H48N4O4/c1-3-39-19-24-18-38(23-46-29-11-7-5-9-27(29)42(32(24)46)13-15-44(35(39)42)21-30-33(39)50-30)22-45-16-12-41-26-8-4-6-10-28(26)43-31(41)25(34(47)48-2)20-40(36(41)45)14-17-49-37(38)40/h4-11,24,30,32-33,35-37,43H,3,12-23H2,1-2H3/t24-,30-,32+,33-,35+,36+,37+,38+,39-,40+,41+,42+/m1/s1. The first-order valence-electron chi connectivity index (χ1n) is 19.7. The van der Waals surface area contributed by atoms with E-state index in [0.717, 1.165) is 63.3 Å². The lowest BCUT2D eigenvalue weighted by molar-refractivity contribution is -0.170. The zero-order valence-electron chi connectivity index (χ0n) is 29.3. The van der Waals surface area contributed by atoms with Gasteiger partial charge >= 0.3 is 5.97 Å². The van der Waals surface area contributed by atoms with E-state index in [9.17, 15) is 4.79 Å². The Labute approximate surface area is 294 Å². The molecule has 260 valence electrons. The summed E-state index contributed by atoms with van der Waals surface area (Å²) >= 11 is 0. The molecule has 8 heteroatoms. The molecule has 0 amide bonds. The van der Waals surface area contributed by atoms with Crippen LogP contribution in [0.25, 0.3) is 0 Å². The minimum atomic E-state index is -0.231. The maximum atomic E-state index is 13.9. The van der Waals surface area contributed by atoms with Gasteiger partial charge in [0.1, 0.15) is 0 Å². The molecule has 0 unspecified atom stereocenters. The number of ether oxygens (including phenoxy) is 3. The fourth-order valence-corrected chi connectivity index (χ4v) is 16.5. The van der Waals surface area contributed by atoms with Crippen LogP contribution in [0.5, 0.6) is 0 Å². The van der Waals surface area contributed by atoms with Gasteiger partial charge in [0.25, 0.3) is 0 Å². The molecular weight excluding hydrogens is 624 g/mol. The van der Waals surface area contributed by atoms with Crippen molar-refractivity contribution >= 4 is 17.3 Å². The van der Waals surface area contributed by atoms with Crippen molar-refractivity contribution in [1.29, 1.82) is 0 Å². The second-order valence-corrected chi connectivity index (χ2v) is 18.5. The Morgan fingerprint density at radius 1 is 0.980 bits per heavy atom. The predicted molar refractivity (Wildman–Crippen MR) is 188 cm³/mol. The molecule has 1 N–H and O–H groups in total. The summed E-state index contributed by atoms with van der Waals surface area (Å²) in [6.45, 7) is 8.73. The van der Waals surface area contributed by atoms with Gasteiger partial charge in [0, 0.05) is 83.1 Å². The highest BCUT2D eigenvalue weighted by atomic mass is 16.6. The summed E-state index contributed by atoms with van der Waals surface area (Å²) in [7, 11) is 1.56. The summed E-state index contributed by atoms with van der Waals surface area (Å²) < 4.78 is 19.5. The minimum absolute atomic E-state index is 0.0266. The van der Waals surface area contributed by atoms with Gasteiger partial charge < -0.3 is 24.4 Å². The molecule has 0 radical (unpaired) electrons. The van der Waals surface area contributed by atoms with Gasteiger partial charge in [0.05, 0.1) is 36.4 Å². The number of piperidine rings is 3. The lowest BCUT2D eigenvalue weighted by Gasteiger charge is -2.68. The van der Waals surface area contributed by atoms with Gasteiger partial charge in [0.15, 0.2) is 0 Å². The number of epoxide rings is 1. The minimum Gasteiger partial charge on any atom is -0.466 e. The number of carbonyl (C=O) groups excluding carboxylic acids is 1. The van der Waals surface area contributed by atoms with E-state index in [1.807, 2.05) is 0 Å². The van der Waals surface area contributed by atoms with E-state index in [2.05, 4.69) is 75.5 Å². The highest BCUT2D eigenvalue weighted by Crippen LogP contribution is 2.75. The Kier molecular flexibility index (Phi) is 5.05. The van der Waals surface area contributed by atoms with Gasteiger partial charge in [-0.3, -0.25) is 9.80 Å². The highest BCUT2D eigenvalue weighted by Gasteiger charge is 2.80. The van der Waals surface area contributed by atoms with Crippen LogP contribution in [0.3, 0.4) is 0 Å². The third kappa shape index (κ3) is 2.83. The van der Waals surface area contributed by atoms with Gasteiger partial charge in [-0.05, 0) is 87.2 Å². The van der Waals surface area contributed by atoms with Gasteiger partial charge in [-0.15, -0.1) is 0 Å². The number of rotatable bonds is 2. The Morgan fingerprint density at radius 3 is 2.70 bits per heavy atom. The van der Waals surface area contributed by atoms with Crippen molar-refractivity contribution in [1.82, 2.24) is 9.80 Å². The van der Waals surface area contributed by atoms with Crippen LogP contribution in [-0.4, -0.2) is 98.6 Å². The molecule has 1 saturated carbocycles. The first-order chi connectivity index (χ1) is 24.4. The molecule has 13 rings (SSSR count). The van der Waals surface area contributed by atoms with Crippen molar-refractivity contribution in [2.45, 2.75) is 99.1 Å². The molecule has 50 heavy (non-hydrogen) atoms. The third-order valence-electron chi connectivity index (χ3n) is 17.2. The Morgan fingerprint density at radius 2 is 1.82 bits per heavy atom. The molecule has 2 aliphatic carbocycles. The van der Waals surface area contributed by atoms with Crippen LogP contribution in [0.15, 0.2) is 59.8 Å². The maximum Gasteiger partial charge on any atom is 0.335 e. The molecule has 7 saturated heterocycles. The number of hydrogen-bond acceptors (Lipinski definition) is 8. The lowest BCUT2D eigenvalue weighted by atomic mass is 9.44. The zero-order chi connectivity index (χ0) is 33.0. The van der Waals surface area contributed by atoms with Crippen LogP contribution in [0.1, 0.15) is 63.0 Å². The second kappa shape index (κ2) is 8.82. The Hall–Kier alpha value is -2.91. The molecule has 12 atom stereocenters. The Balaban J connectivity index is 0.999. The molecule has 8 nitrogen and oxygen atoms in total. The van der Waals surface area contributed by atoms with E-state index in [1.165, 1.54) is 49.2 Å². The Bertz CT molecular complexity index is 1950. The lowest BCUT2D eigenvalue weighted by Crippen LogP contribution is -2.76. The summed E-state index contributed by atoms with van der Waals surface area (Å²) in [5.41, 5.74) is 7.60. The highest BCUT2D eigenvalue weighted by molar-refractivity contribution is 5.93. The average molecular weight is 673 g/mol. The van der Waals surface area contributed by atoms with Crippen molar-refractivity contribution in [2.24, 2.45) is 22.2 Å². The van der Waals surface area contributed by atoms with Crippen LogP contribution in [0.2, 0.25) is 0 Å². The van der Waals surface area contributed by atoms with Gasteiger partial charge in [-0.25, -0.2) is 4.79 Å². The largest absolute Gasteiger partial charge is 0.466 e. The zero-order valence-corrected chi connectivity index (χ0v) is 29.3. The number of methoxy groups -OCH3 is 1. The number of para-hydroxylation sites is 2. The number of benzene rings is 2. The van der Waals surface area contributed by atoms with Crippen molar-refractivity contribution in [2.75, 3.05) is 56.7 Å². The molecule has 2 aromatic carbocycles. The molecule has 2 aromatic rings. The molecule has 9 aliphatic heterocycles. The van der Waals surface area contributed by atoms with E-state index in [1.54, 1.807) is 12.7 Å². The first-order valence-corrected chi connectivity index (χ1v) is 19.7. The number of nitrogens with zero attached hydrogens (tertiary/aromatic N) is 3. The summed E-state index contributed by atoms with van der Waals surface area (Å²) in [5, 5.41) is 3.82. The van der Waals surface area contributed by atoms with Crippen molar-refractivity contribution in [3.05, 3.63) is 70.9 Å². The molecule has 9 heterocycles. The first kappa shape index (κ1) is 28.6. The smallest absolute Gasteiger partial charge is 0.335 e. The number of anilines is 2. The van der Waals surface area contributed by atoms with Crippen LogP contribution in [0, 0.1) is 22.2 Å². The molecule has 0 bridgehead atoms. The van der Waals surface area contributed by atoms with Crippen LogP contribution in [-0.2, 0) is 29.8 Å². The maximum absolute atomic E-state index is 13.9. The van der Waals surface area contributed by atoms with E-state index in [4.69, 9.17) is 14.2 Å². The van der Waals surface area contributed by atoms with Crippen LogP contribution < -0.4 is 10.2 Å². The molecule has 0 aromatic heterocycles. The molecule has 11 aliphatic rings. The fourth-order valence-electron chi connectivity index (χ4n) is 16.5. The average Bonchev–Trinajstić information content (AvgIpc) is 3.50. The second-order valence-electron chi connectivity index (χ2n) is 18.5. The van der Waals surface area contributed by atoms with Crippen molar-refractivity contribution < 1.29 is 19.0 Å². The number of esters is 1. The summed E-state index contributed by atoms with van der Waals surface area (Å²) in [6, 6.07) is 19.8.